The van der Waals surface area contributed by atoms with Crippen molar-refractivity contribution in [2.75, 3.05) is 25.5 Å². The average molecular weight is 351 g/mol. The molecule has 0 aliphatic heterocycles. The molecule has 0 aliphatic rings. The summed E-state index contributed by atoms with van der Waals surface area (Å²) >= 11 is 5.98. The molecule has 130 valence electrons. The minimum absolute atomic E-state index is 0.0138. The molecule has 0 saturated heterocycles. The normalized spacial score (nSPS) is 13.2. The van der Waals surface area contributed by atoms with Crippen molar-refractivity contribution in [1.82, 2.24) is 10.2 Å². The first kappa shape index (κ1) is 19.9. The standard InChI is InChI=1S/C17H23ClN4O2/c1-12(2)17(3,11-19)21-16(24)10-22(4)9-15(23)20-14-8-6-5-7-13(14)18/h5-8,12H,9-10H2,1-4H3,(H,20,23)(H,21,24)/t17-/m1/s1. The summed E-state index contributed by atoms with van der Waals surface area (Å²) in [6.45, 7) is 5.46. The summed E-state index contributed by atoms with van der Waals surface area (Å²) in [5.74, 6) is -0.605. The van der Waals surface area contributed by atoms with Crippen LogP contribution in [0.2, 0.25) is 5.02 Å². The van der Waals surface area contributed by atoms with Crippen LogP contribution in [0.4, 0.5) is 5.69 Å². The summed E-state index contributed by atoms with van der Waals surface area (Å²) in [4.78, 5) is 25.6. The molecule has 0 saturated carbocycles. The number of halogens is 1. The van der Waals surface area contributed by atoms with Crippen LogP contribution in [0.25, 0.3) is 0 Å². The summed E-state index contributed by atoms with van der Waals surface area (Å²) in [5.41, 5.74) is -0.406. The van der Waals surface area contributed by atoms with Gasteiger partial charge in [0.05, 0.1) is 29.9 Å². The summed E-state index contributed by atoms with van der Waals surface area (Å²) in [5, 5.41) is 15.1. The molecule has 0 radical (unpaired) electrons. The van der Waals surface area contributed by atoms with Crippen LogP contribution < -0.4 is 10.6 Å². The van der Waals surface area contributed by atoms with Gasteiger partial charge in [-0.15, -0.1) is 0 Å². The highest BCUT2D eigenvalue weighted by atomic mass is 35.5. The van der Waals surface area contributed by atoms with E-state index in [9.17, 15) is 14.9 Å². The van der Waals surface area contributed by atoms with Crippen molar-refractivity contribution >= 4 is 29.1 Å². The van der Waals surface area contributed by atoms with E-state index in [0.717, 1.165) is 0 Å². The molecule has 0 bridgehead atoms. The fourth-order valence-electron chi connectivity index (χ4n) is 1.93. The van der Waals surface area contributed by atoms with E-state index in [2.05, 4.69) is 16.7 Å². The van der Waals surface area contributed by atoms with E-state index in [1.165, 1.54) is 0 Å². The molecule has 1 aromatic rings. The minimum atomic E-state index is -0.933. The summed E-state index contributed by atoms with van der Waals surface area (Å²) in [7, 11) is 1.66. The lowest BCUT2D eigenvalue weighted by atomic mass is 9.90. The SMILES string of the molecule is CC(C)[C@@](C)(C#N)NC(=O)CN(C)CC(=O)Nc1ccccc1Cl. The molecule has 0 spiro atoms. The Balaban J connectivity index is 2.52. The van der Waals surface area contributed by atoms with Gasteiger partial charge in [0.1, 0.15) is 5.54 Å². The predicted molar refractivity (Wildman–Crippen MR) is 94.6 cm³/mol. The van der Waals surface area contributed by atoms with Crippen LogP contribution in [0.5, 0.6) is 0 Å². The lowest BCUT2D eigenvalue weighted by Crippen LogP contribution is -2.51. The van der Waals surface area contributed by atoms with Gasteiger partial charge in [-0.1, -0.05) is 37.6 Å². The maximum atomic E-state index is 12.1. The van der Waals surface area contributed by atoms with Crippen molar-refractivity contribution in [2.24, 2.45) is 5.92 Å². The molecule has 1 rings (SSSR count). The van der Waals surface area contributed by atoms with E-state index in [1.807, 2.05) is 13.8 Å². The molecular weight excluding hydrogens is 328 g/mol. The Morgan fingerprint density at radius 1 is 1.29 bits per heavy atom. The number of carbonyl (C=O) groups is 2. The number of anilines is 1. The fourth-order valence-corrected chi connectivity index (χ4v) is 2.11. The minimum Gasteiger partial charge on any atom is -0.337 e. The summed E-state index contributed by atoms with van der Waals surface area (Å²) in [6.07, 6.45) is 0. The van der Waals surface area contributed by atoms with Crippen molar-refractivity contribution in [3.63, 3.8) is 0 Å². The van der Waals surface area contributed by atoms with Crippen molar-refractivity contribution in [2.45, 2.75) is 26.3 Å². The maximum absolute atomic E-state index is 12.1. The molecular formula is C17H23ClN4O2. The van der Waals surface area contributed by atoms with Gasteiger partial charge in [-0.2, -0.15) is 5.26 Å². The number of hydrogen-bond donors (Lipinski definition) is 2. The van der Waals surface area contributed by atoms with Crippen LogP contribution in [-0.4, -0.2) is 42.4 Å². The van der Waals surface area contributed by atoms with Crippen molar-refractivity contribution in [3.8, 4) is 6.07 Å². The lowest BCUT2D eigenvalue weighted by molar-refractivity contribution is -0.124. The fraction of sp³-hybridized carbons (Fsp3) is 0.471. The van der Waals surface area contributed by atoms with E-state index in [-0.39, 0.29) is 30.8 Å². The van der Waals surface area contributed by atoms with E-state index in [1.54, 1.807) is 43.1 Å². The number of hydrogen-bond acceptors (Lipinski definition) is 4. The molecule has 1 atom stereocenters. The number of nitrogens with zero attached hydrogens (tertiary/aromatic N) is 2. The summed E-state index contributed by atoms with van der Waals surface area (Å²) < 4.78 is 0. The zero-order valence-corrected chi connectivity index (χ0v) is 15.1. The average Bonchev–Trinajstić information content (AvgIpc) is 2.48. The Labute approximate surface area is 147 Å². The number of carbonyl (C=O) groups excluding carboxylic acids is 2. The number of likely N-dealkylation sites (N-methyl/N-ethyl adjacent to an activating group) is 1. The molecule has 0 aliphatic carbocycles. The Morgan fingerprint density at radius 3 is 2.42 bits per heavy atom. The largest absolute Gasteiger partial charge is 0.337 e. The topological polar surface area (TPSA) is 85.2 Å². The Hall–Kier alpha value is -2.10. The second-order valence-corrected chi connectivity index (χ2v) is 6.62. The highest BCUT2D eigenvalue weighted by Crippen LogP contribution is 2.20. The lowest BCUT2D eigenvalue weighted by Gasteiger charge is -2.28. The van der Waals surface area contributed by atoms with E-state index in [4.69, 9.17) is 11.6 Å². The van der Waals surface area contributed by atoms with Crippen LogP contribution in [0, 0.1) is 17.2 Å². The molecule has 1 aromatic carbocycles. The van der Waals surface area contributed by atoms with Crippen LogP contribution >= 0.6 is 11.6 Å². The zero-order valence-electron chi connectivity index (χ0n) is 14.4. The molecule has 0 unspecified atom stereocenters. The van der Waals surface area contributed by atoms with E-state index < -0.39 is 5.54 Å². The molecule has 2 N–H and O–H groups in total. The van der Waals surface area contributed by atoms with Gasteiger partial charge in [-0.25, -0.2) is 0 Å². The van der Waals surface area contributed by atoms with Gasteiger partial charge in [0, 0.05) is 0 Å². The molecule has 0 heterocycles. The first-order valence-corrected chi connectivity index (χ1v) is 8.01. The van der Waals surface area contributed by atoms with E-state index >= 15 is 0 Å². The van der Waals surface area contributed by atoms with Gasteiger partial charge in [0.2, 0.25) is 11.8 Å². The number of nitriles is 1. The highest BCUT2D eigenvalue weighted by molar-refractivity contribution is 6.33. The molecule has 24 heavy (non-hydrogen) atoms. The maximum Gasteiger partial charge on any atom is 0.238 e. The van der Waals surface area contributed by atoms with Crippen LogP contribution in [0.15, 0.2) is 24.3 Å². The Kier molecular flexibility index (Phi) is 7.20. The second-order valence-electron chi connectivity index (χ2n) is 6.22. The van der Waals surface area contributed by atoms with Gasteiger partial charge < -0.3 is 10.6 Å². The third-order valence-corrected chi connectivity index (χ3v) is 4.09. The van der Waals surface area contributed by atoms with Gasteiger partial charge in [0.25, 0.3) is 0 Å². The first-order chi connectivity index (χ1) is 11.2. The van der Waals surface area contributed by atoms with Gasteiger partial charge in [0.15, 0.2) is 0 Å². The molecule has 0 fully saturated rings. The van der Waals surface area contributed by atoms with Crippen LogP contribution in [0.1, 0.15) is 20.8 Å². The number of rotatable bonds is 7. The van der Waals surface area contributed by atoms with Gasteiger partial charge in [-0.05, 0) is 32.0 Å². The predicted octanol–water partition coefficient (Wildman–Crippen LogP) is 2.26. The first-order valence-electron chi connectivity index (χ1n) is 7.63. The monoisotopic (exact) mass is 350 g/mol. The Bertz CT molecular complexity index is 642. The second kappa shape index (κ2) is 8.67. The van der Waals surface area contributed by atoms with Crippen molar-refractivity contribution < 1.29 is 9.59 Å². The van der Waals surface area contributed by atoms with Crippen LogP contribution in [0.3, 0.4) is 0 Å². The van der Waals surface area contributed by atoms with Gasteiger partial charge in [-0.3, -0.25) is 14.5 Å². The molecule has 6 nitrogen and oxygen atoms in total. The highest BCUT2D eigenvalue weighted by Gasteiger charge is 2.30. The molecule has 0 aromatic heterocycles. The zero-order chi connectivity index (χ0) is 18.3. The smallest absolute Gasteiger partial charge is 0.238 e. The van der Waals surface area contributed by atoms with Gasteiger partial charge >= 0.3 is 0 Å². The third kappa shape index (κ3) is 5.84. The van der Waals surface area contributed by atoms with Crippen molar-refractivity contribution in [3.05, 3.63) is 29.3 Å². The number of benzene rings is 1. The van der Waals surface area contributed by atoms with E-state index in [0.29, 0.717) is 10.7 Å². The third-order valence-electron chi connectivity index (χ3n) is 3.76. The number of para-hydroxylation sites is 1. The Morgan fingerprint density at radius 2 is 1.88 bits per heavy atom. The number of amides is 2. The molecule has 2 amide bonds. The number of nitrogens with one attached hydrogen (secondary N) is 2. The summed E-state index contributed by atoms with van der Waals surface area (Å²) in [6, 6.07) is 9.05. The quantitative estimate of drug-likeness (QED) is 0.790. The van der Waals surface area contributed by atoms with Crippen molar-refractivity contribution in [1.29, 1.82) is 5.26 Å². The van der Waals surface area contributed by atoms with Crippen LogP contribution in [-0.2, 0) is 9.59 Å². The molecule has 7 heteroatoms.